The summed E-state index contributed by atoms with van der Waals surface area (Å²) in [4.78, 5) is 23.8. The Morgan fingerprint density at radius 2 is 1.89 bits per heavy atom. The third kappa shape index (κ3) is 3.20. The quantitative estimate of drug-likeness (QED) is 0.866. The Balaban J connectivity index is 2.01. The lowest BCUT2D eigenvalue weighted by Gasteiger charge is -2.37. The summed E-state index contributed by atoms with van der Waals surface area (Å²) in [6.07, 6.45) is 0. The monoisotopic (exact) mass is 264 g/mol. The minimum Gasteiger partial charge on any atom is -0.480 e. The molecule has 104 valence electrons. The SMILES string of the molecule is Cc1cc(N2CCN([C@@H](C)C(=O)O)CC2)nc(C)n1. The summed E-state index contributed by atoms with van der Waals surface area (Å²) in [5, 5.41) is 9.01. The molecule has 1 aliphatic heterocycles. The maximum atomic E-state index is 11.0. The van der Waals surface area contributed by atoms with Crippen molar-refractivity contribution in [1.82, 2.24) is 14.9 Å². The molecule has 1 atom stereocenters. The Morgan fingerprint density at radius 1 is 1.26 bits per heavy atom. The predicted molar refractivity (Wildman–Crippen MR) is 72.4 cm³/mol. The summed E-state index contributed by atoms with van der Waals surface area (Å²) in [5.74, 6) is 0.950. The molecule has 0 unspecified atom stereocenters. The van der Waals surface area contributed by atoms with Crippen LogP contribution in [0.15, 0.2) is 6.07 Å². The van der Waals surface area contributed by atoms with Crippen molar-refractivity contribution >= 4 is 11.8 Å². The topological polar surface area (TPSA) is 69.6 Å². The highest BCUT2D eigenvalue weighted by atomic mass is 16.4. The Bertz CT molecular complexity index is 449. The number of hydrogen-bond acceptors (Lipinski definition) is 5. The summed E-state index contributed by atoms with van der Waals surface area (Å²) in [7, 11) is 0. The predicted octanol–water partition coefficient (Wildman–Crippen LogP) is 0.689. The first kappa shape index (κ1) is 13.7. The van der Waals surface area contributed by atoms with E-state index in [2.05, 4.69) is 14.9 Å². The molecule has 0 aromatic carbocycles. The van der Waals surface area contributed by atoms with Gasteiger partial charge in [-0.2, -0.15) is 0 Å². The van der Waals surface area contributed by atoms with E-state index in [-0.39, 0.29) is 0 Å². The Labute approximate surface area is 113 Å². The number of rotatable bonds is 3. The molecule has 0 spiro atoms. The van der Waals surface area contributed by atoms with Crippen LogP contribution in [0.3, 0.4) is 0 Å². The summed E-state index contributed by atoms with van der Waals surface area (Å²) in [5.41, 5.74) is 0.962. The third-order valence-corrected chi connectivity index (χ3v) is 3.50. The molecule has 6 heteroatoms. The molecule has 1 N–H and O–H groups in total. The molecule has 1 aromatic rings. The lowest BCUT2D eigenvalue weighted by Crippen LogP contribution is -2.52. The number of nitrogens with zero attached hydrogens (tertiary/aromatic N) is 4. The van der Waals surface area contributed by atoms with Gasteiger partial charge < -0.3 is 10.0 Å². The van der Waals surface area contributed by atoms with Crippen molar-refractivity contribution < 1.29 is 9.90 Å². The fourth-order valence-corrected chi connectivity index (χ4v) is 2.35. The van der Waals surface area contributed by atoms with E-state index >= 15 is 0 Å². The van der Waals surface area contributed by atoms with E-state index in [4.69, 9.17) is 5.11 Å². The molecule has 1 fully saturated rings. The number of hydrogen-bond donors (Lipinski definition) is 1. The number of piperazine rings is 1. The smallest absolute Gasteiger partial charge is 0.320 e. The highest BCUT2D eigenvalue weighted by Gasteiger charge is 2.25. The number of carbonyl (C=O) groups is 1. The van der Waals surface area contributed by atoms with Crippen LogP contribution in [0, 0.1) is 13.8 Å². The average Bonchev–Trinajstić information content (AvgIpc) is 2.37. The van der Waals surface area contributed by atoms with Gasteiger partial charge in [0.1, 0.15) is 17.7 Å². The van der Waals surface area contributed by atoms with Crippen molar-refractivity contribution in [2.75, 3.05) is 31.1 Å². The van der Waals surface area contributed by atoms with Gasteiger partial charge in [-0.3, -0.25) is 9.69 Å². The molecule has 2 rings (SSSR count). The number of aliphatic carboxylic acids is 1. The average molecular weight is 264 g/mol. The van der Waals surface area contributed by atoms with Crippen LogP contribution in [-0.2, 0) is 4.79 Å². The zero-order valence-corrected chi connectivity index (χ0v) is 11.6. The highest BCUT2D eigenvalue weighted by molar-refractivity contribution is 5.72. The zero-order chi connectivity index (χ0) is 14.0. The molecule has 6 nitrogen and oxygen atoms in total. The summed E-state index contributed by atoms with van der Waals surface area (Å²) >= 11 is 0. The molecular weight excluding hydrogens is 244 g/mol. The standard InChI is InChI=1S/C13H20N4O2/c1-9-8-12(15-11(3)14-9)17-6-4-16(5-7-17)10(2)13(18)19/h8,10H,4-7H2,1-3H3,(H,18,19)/t10-/m0/s1. The van der Waals surface area contributed by atoms with Crippen LogP contribution in [0.25, 0.3) is 0 Å². The first-order valence-corrected chi connectivity index (χ1v) is 6.51. The first-order chi connectivity index (χ1) is 8.97. The van der Waals surface area contributed by atoms with Crippen LogP contribution >= 0.6 is 0 Å². The van der Waals surface area contributed by atoms with E-state index in [1.807, 2.05) is 24.8 Å². The van der Waals surface area contributed by atoms with Crippen LogP contribution in [0.5, 0.6) is 0 Å². The van der Waals surface area contributed by atoms with Gasteiger partial charge in [-0.05, 0) is 20.8 Å². The third-order valence-electron chi connectivity index (χ3n) is 3.50. The van der Waals surface area contributed by atoms with Gasteiger partial charge in [0.2, 0.25) is 0 Å². The Morgan fingerprint density at radius 3 is 2.42 bits per heavy atom. The molecular formula is C13H20N4O2. The van der Waals surface area contributed by atoms with E-state index in [0.717, 1.165) is 43.5 Å². The van der Waals surface area contributed by atoms with Crippen LogP contribution in [0.4, 0.5) is 5.82 Å². The number of anilines is 1. The van der Waals surface area contributed by atoms with E-state index in [0.29, 0.717) is 0 Å². The normalized spacial score (nSPS) is 18.4. The minimum atomic E-state index is -0.762. The highest BCUT2D eigenvalue weighted by Crippen LogP contribution is 2.16. The van der Waals surface area contributed by atoms with Crippen molar-refractivity contribution in [3.05, 3.63) is 17.6 Å². The minimum absolute atomic E-state index is 0.420. The van der Waals surface area contributed by atoms with Gasteiger partial charge in [0, 0.05) is 37.9 Å². The second-order valence-electron chi connectivity index (χ2n) is 4.95. The Hall–Kier alpha value is -1.69. The van der Waals surface area contributed by atoms with Crippen LogP contribution in [0.2, 0.25) is 0 Å². The molecule has 1 aromatic heterocycles. The lowest BCUT2D eigenvalue weighted by atomic mass is 10.2. The summed E-state index contributed by atoms with van der Waals surface area (Å²) in [6.45, 7) is 8.67. The molecule has 0 aliphatic carbocycles. The van der Waals surface area contributed by atoms with Crippen LogP contribution < -0.4 is 4.90 Å². The van der Waals surface area contributed by atoms with Crippen molar-refractivity contribution in [2.24, 2.45) is 0 Å². The molecule has 2 heterocycles. The molecule has 0 bridgehead atoms. The number of aromatic nitrogens is 2. The number of aryl methyl sites for hydroxylation is 2. The lowest BCUT2D eigenvalue weighted by molar-refractivity contribution is -0.142. The van der Waals surface area contributed by atoms with E-state index in [1.165, 1.54) is 0 Å². The second-order valence-corrected chi connectivity index (χ2v) is 4.95. The van der Waals surface area contributed by atoms with Crippen molar-refractivity contribution in [2.45, 2.75) is 26.8 Å². The Kier molecular flexibility index (Phi) is 3.99. The fraction of sp³-hybridized carbons (Fsp3) is 0.615. The largest absolute Gasteiger partial charge is 0.480 e. The van der Waals surface area contributed by atoms with Gasteiger partial charge >= 0.3 is 5.97 Å². The molecule has 1 aliphatic rings. The molecule has 0 radical (unpaired) electrons. The maximum Gasteiger partial charge on any atom is 0.320 e. The zero-order valence-electron chi connectivity index (χ0n) is 11.6. The fourth-order valence-electron chi connectivity index (χ4n) is 2.35. The van der Waals surface area contributed by atoms with E-state index in [1.54, 1.807) is 6.92 Å². The number of carboxylic acid groups (broad SMARTS) is 1. The summed E-state index contributed by atoms with van der Waals surface area (Å²) in [6, 6.07) is 1.56. The molecule has 0 saturated carbocycles. The van der Waals surface area contributed by atoms with E-state index < -0.39 is 12.0 Å². The second kappa shape index (κ2) is 5.52. The number of carboxylic acids is 1. The van der Waals surface area contributed by atoms with Crippen molar-refractivity contribution in [1.29, 1.82) is 0 Å². The maximum absolute atomic E-state index is 11.0. The van der Waals surface area contributed by atoms with Gasteiger partial charge in [-0.1, -0.05) is 0 Å². The summed E-state index contributed by atoms with van der Waals surface area (Å²) < 4.78 is 0. The van der Waals surface area contributed by atoms with Gasteiger partial charge in [-0.15, -0.1) is 0 Å². The van der Waals surface area contributed by atoms with Crippen molar-refractivity contribution in [3.63, 3.8) is 0 Å². The van der Waals surface area contributed by atoms with Gasteiger partial charge in [0.25, 0.3) is 0 Å². The molecule has 0 amide bonds. The van der Waals surface area contributed by atoms with Crippen molar-refractivity contribution in [3.8, 4) is 0 Å². The van der Waals surface area contributed by atoms with Gasteiger partial charge in [-0.25, -0.2) is 9.97 Å². The first-order valence-electron chi connectivity index (χ1n) is 6.51. The molecule has 19 heavy (non-hydrogen) atoms. The van der Waals surface area contributed by atoms with E-state index in [9.17, 15) is 4.79 Å². The molecule has 1 saturated heterocycles. The van der Waals surface area contributed by atoms with Gasteiger partial charge in [0.05, 0.1) is 0 Å². The van der Waals surface area contributed by atoms with Crippen LogP contribution in [-0.4, -0.2) is 58.2 Å². The van der Waals surface area contributed by atoms with Gasteiger partial charge in [0.15, 0.2) is 0 Å². The van der Waals surface area contributed by atoms with Crippen LogP contribution in [0.1, 0.15) is 18.4 Å².